The van der Waals surface area contributed by atoms with E-state index in [4.69, 9.17) is 17.0 Å². The maximum atomic E-state index is 5.19. The third kappa shape index (κ3) is 2.59. The first-order chi connectivity index (χ1) is 8.22. The van der Waals surface area contributed by atoms with E-state index in [0.29, 0.717) is 17.9 Å². The summed E-state index contributed by atoms with van der Waals surface area (Å²) in [5.41, 5.74) is 2.04. The lowest BCUT2D eigenvalue weighted by atomic mass is 10.2. The van der Waals surface area contributed by atoms with Gasteiger partial charge in [-0.25, -0.2) is 0 Å². The lowest BCUT2D eigenvalue weighted by Gasteiger charge is -2.06. The molecule has 5 nitrogen and oxygen atoms in total. The van der Waals surface area contributed by atoms with Gasteiger partial charge in [0.05, 0.1) is 13.2 Å². The molecule has 90 valence electrons. The molecule has 2 heterocycles. The van der Waals surface area contributed by atoms with Crippen LogP contribution < -0.4 is 0 Å². The van der Waals surface area contributed by atoms with Crippen LogP contribution in [0.2, 0.25) is 0 Å². The summed E-state index contributed by atoms with van der Waals surface area (Å²) >= 11 is 5.19. The third-order valence-electron chi connectivity index (χ3n) is 2.41. The van der Waals surface area contributed by atoms with Crippen LogP contribution in [0.1, 0.15) is 5.56 Å². The molecule has 0 bridgehead atoms. The van der Waals surface area contributed by atoms with Crippen LogP contribution in [0.3, 0.4) is 0 Å². The van der Waals surface area contributed by atoms with Gasteiger partial charge in [-0.1, -0.05) is 0 Å². The molecule has 1 N–H and O–H groups in total. The minimum atomic E-state index is 0.596. The lowest BCUT2D eigenvalue weighted by Crippen LogP contribution is -2.06. The summed E-state index contributed by atoms with van der Waals surface area (Å²) < 4.78 is 7.57. The Labute approximate surface area is 104 Å². The predicted molar refractivity (Wildman–Crippen MR) is 67.3 cm³/mol. The number of aromatic amines is 1. The normalized spacial score (nSPS) is 10.7. The predicted octanol–water partition coefficient (Wildman–Crippen LogP) is 1.96. The highest BCUT2D eigenvalue weighted by molar-refractivity contribution is 7.71. The number of nitrogens with zero attached hydrogens (tertiary/aromatic N) is 3. The second-order valence-electron chi connectivity index (χ2n) is 3.75. The second kappa shape index (κ2) is 5.20. The SMILES string of the molecule is COCCn1c(-c2cncc(C)c2)n[nH]c1=S. The Balaban J connectivity index is 2.42. The molecule has 17 heavy (non-hydrogen) atoms. The molecule has 0 aliphatic carbocycles. The molecule has 0 unspecified atom stereocenters. The quantitative estimate of drug-likeness (QED) is 0.843. The molecular formula is C11H14N4OS. The molecular weight excluding hydrogens is 236 g/mol. The van der Waals surface area contributed by atoms with Gasteiger partial charge < -0.3 is 4.74 Å². The van der Waals surface area contributed by atoms with Crippen molar-refractivity contribution in [1.82, 2.24) is 19.7 Å². The minimum Gasteiger partial charge on any atom is -0.383 e. The zero-order chi connectivity index (χ0) is 12.3. The number of rotatable bonds is 4. The molecule has 0 aliphatic heterocycles. The molecule has 0 spiro atoms. The van der Waals surface area contributed by atoms with Crippen molar-refractivity contribution in [2.75, 3.05) is 13.7 Å². The van der Waals surface area contributed by atoms with E-state index in [1.165, 1.54) is 0 Å². The largest absolute Gasteiger partial charge is 0.383 e. The Hall–Kier alpha value is -1.53. The monoisotopic (exact) mass is 250 g/mol. The van der Waals surface area contributed by atoms with Gasteiger partial charge in [0.15, 0.2) is 10.6 Å². The van der Waals surface area contributed by atoms with Crippen molar-refractivity contribution in [2.45, 2.75) is 13.5 Å². The van der Waals surface area contributed by atoms with Gasteiger partial charge in [-0.15, -0.1) is 0 Å². The van der Waals surface area contributed by atoms with E-state index in [-0.39, 0.29) is 0 Å². The van der Waals surface area contributed by atoms with Gasteiger partial charge in [-0.3, -0.25) is 14.6 Å². The molecule has 2 aromatic heterocycles. The van der Waals surface area contributed by atoms with E-state index in [1.54, 1.807) is 13.3 Å². The highest BCUT2D eigenvalue weighted by Crippen LogP contribution is 2.17. The van der Waals surface area contributed by atoms with Crippen molar-refractivity contribution in [1.29, 1.82) is 0 Å². The van der Waals surface area contributed by atoms with Gasteiger partial charge in [0, 0.05) is 25.1 Å². The van der Waals surface area contributed by atoms with E-state index < -0.39 is 0 Å². The smallest absolute Gasteiger partial charge is 0.195 e. The number of hydrogen-bond acceptors (Lipinski definition) is 4. The summed E-state index contributed by atoms with van der Waals surface area (Å²) in [6.45, 7) is 3.27. The van der Waals surface area contributed by atoms with Crippen LogP contribution in [-0.2, 0) is 11.3 Å². The molecule has 0 fully saturated rings. The molecule has 2 aromatic rings. The molecule has 0 aromatic carbocycles. The maximum Gasteiger partial charge on any atom is 0.195 e. The molecule has 0 radical (unpaired) electrons. The number of aromatic nitrogens is 4. The Morgan fingerprint density at radius 2 is 2.29 bits per heavy atom. The van der Waals surface area contributed by atoms with E-state index in [1.807, 2.05) is 23.8 Å². The van der Waals surface area contributed by atoms with Gasteiger partial charge in [0.25, 0.3) is 0 Å². The molecule has 0 amide bonds. The average Bonchev–Trinajstić information content (AvgIpc) is 2.68. The highest BCUT2D eigenvalue weighted by atomic mass is 32.1. The Kier molecular flexibility index (Phi) is 3.65. The van der Waals surface area contributed by atoms with Crippen LogP contribution >= 0.6 is 12.2 Å². The number of hydrogen-bond donors (Lipinski definition) is 1. The van der Waals surface area contributed by atoms with E-state index in [0.717, 1.165) is 17.0 Å². The molecule has 0 saturated carbocycles. The Morgan fingerprint density at radius 3 is 3.00 bits per heavy atom. The van der Waals surface area contributed by atoms with Crippen LogP contribution in [0.4, 0.5) is 0 Å². The van der Waals surface area contributed by atoms with E-state index >= 15 is 0 Å². The molecule has 6 heteroatoms. The standard InChI is InChI=1S/C11H14N4OS/c1-8-5-9(7-12-6-8)10-13-14-11(17)15(10)3-4-16-2/h5-7H,3-4H2,1-2H3,(H,14,17). The van der Waals surface area contributed by atoms with Crippen LogP contribution in [0, 0.1) is 11.7 Å². The van der Waals surface area contributed by atoms with Crippen LogP contribution in [0.15, 0.2) is 18.5 Å². The van der Waals surface area contributed by atoms with Gasteiger partial charge >= 0.3 is 0 Å². The molecule has 0 atom stereocenters. The maximum absolute atomic E-state index is 5.19. The zero-order valence-electron chi connectivity index (χ0n) is 9.80. The summed E-state index contributed by atoms with van der Waals surface area (Å²) in [6, 6.07) is 2.03. The van der Waals surface area contributed by atoms with Gasteiger partial charge in [-0.05, 0) is 30.8 Å². The van der Waals surface area contributed by atoms with Gasteiger partial charge in [-0.2, -0.15) is 5.10 Å². The van der Waals surface area contributed by atoms with Crippen LogP contribution in [0.5, 0.6) is 0 Å². The van der Waals surface area contributed by atoms with Crippen LogP contribution in [0.25, 0.3) is 11.4 Å². The Bertz CT molecular complexity index is 561. The molecule has 2 rings (SSSR count). The molecule has 0 saturated heterocycles. The van der Waals surface area contributed by atoms with Gasteiger partial charge in [0.2, 0.25) is 0 Å². The number of aryl methyl sites for hydroxylation is 1. The topological polar surface area (TPSA) is 55.7 Å². The third-order valence-corrected chi connectivity index (χ3v) is 2.72. The van der Waals surface area contributed by atoms with Crippen molar-refractivity contribution in [3.63, 3.8) is 0 Å². The number of H-pyrrole nitrogens is 1. The summed E-state index contributed by atoms with van der Waals surface area (Å²) in [5.74, 6) is 0.795. The second-order valence-corrected chi connectivity index (χ2v) is 4.13. The minimum absolute atomic E-state index is 0.596. The Morgan fingerprint density at radius 1 is 1.47 bits per heavy atom. The fourth-order valence-corrected chi connectivity index (χ4v) is 1.83. The molecule has 0 aliphatic rings. The van der Waals surface area contributed by atoms with E-state index in [2.05, 4.69) is 15.2 Å². The zero-order valence-corrected chi connectivity index (χ0v) is 10.6. The van der Waals surface area contributed by atoms with Crippen molar-refractivity contribution in [3.05, 3.63) is 28.8 Å². The number of methoxy groups -OCH3 is 1. The van der Waals surface area contributed by atoms with Crippen LogP contribution in [-0.4, -0.2) is 33.5 Å². The first-order valence-corrected chi connectivity index (χ1v) is 5.69. The van der Waals surface area contributed by atoms with Crippen molar-refractivity contribution < 1.29 is 4.74 Å². The fraction of sp³-hybridized carbons (Fsp3) is 0.364. The highest BCUT2D eigenvalue weighted by Gasteiger charge is 2.08. The van der Waals surface area contributed by atoms with Crippen molar-refractivity contribution in [3.8, 4) is 11.4 Å². The summed E-state index contributed by atoms with van der Waals surface area (Å²) in [5, 5.41) is 7.03. The number of nitrogens with one attached hydrogen (secondary N) is 1. The van der Waals surface area contributed by atoms with Gasteiger partial charge in [0.1, 0.15) is 0 Å². The number of ether oxygens (including phenoxy) is 1. The van der Waals surface area contributed by atoms with E-state index in [9.17, 15) is 0 Å². The summed E-state index contributed by atoms with van der Waals surface area (Å²) in [4.78, 5) is 4.16. The average molecular weight is 250 g/mol. The first-order valence-electron chi connectivity index (χ1n) is 5.28. The summed E-state index contributed by atoms with van der Waals surface area (Å²) in [7, 11) is 1.66. The fourth-order valence-electron chi connectivity index (χ4n) is 1.61. The lowest BCUT2D eigenvalue weighted by molar-refractivity contribution is 0.187. The first kappa shape index (κ1) is 11.9. The van der Waals surface area contributed by atoms with Crippen molar-refractivity contribution in [2.24, 2.45) is 0 Å². The number of pyridine rings is 1. The van der Waals surface area contributed by atoms with Crippen molar-refractivity contribution >= 4 is 12.2 Å². The summed E-state index contributed by atoms with van der Waals surface area (Å²) in [6.07, 6.45) is 3.59.